The summed E-state index contributed by atoms with van der Waals surface area (Å²) in [7, 11) is 0. The summed E-state index contributed by atoms with van der Waals surface area (Å²) in [6.45, 7) is 4.11. The molecular weight excluding hydrogens is 308 g/mol. The van der Waals surface area contributed by atoms with Gasteiger partial charge in [-0.15, -0.1) is 0 Å². The van der Waals surface area contributed by atoms with Crippen molar-refractivity contribution in [2.24, 2.45) is 0 Å². The number of para-hydroxylation sites is 1. The van der Waals surface area contributed by atoms with Gasteiger partial charge < -0.3 is 10.3 Å². The lowest BCUT2D eigenvalue weighted by Crippen LogP contribution is -2.26. The van der Waals surface area contributed by atoms with Crippen LogP contribution < -0.4 is 5.32 Å². The standard InChI is InChI=1S/C19H19ClN2O/c1-3-13-7-9-14(10-8-13)12(2)21-19(23)17-11-15-5-4-6-16(20)18(15)22-17/h4-12,22H,3H2,1-2H3,(H,21,23). The van der Waals surface area contributed by atoms with Crippen LogP contribution in [-0.4, -0.2) is 10.9 Å². The van der Waals surface area contributed by atoms with Gasteiger partial charge in [0.05, 0.1) is 16.6 Å². The zero-order valence-electron chi connectivity index (χ0n) is 13.2. The fourth-order valence-corrected chi connectivity index (χ4v) is 2.87. The van der Waals surface area contributed by atoms with Crippen LogP contribution in [0.3, 0.4) is 0 Å². The van der Waals surface area contributed by atoms with E-state index in [4.69, 9.17) is 11.6 Å². The van der Waals surface area contributed by atoms with Gasteiger partial charge in [-0.05, 0) is 36.6 Å². The molecule has 3 rings (SSSR count). The van der Waals surface area contributed by atoms with E-state index in [9.17, 15) is 4.79 Å². The molecular formula is C19H19ClN2O. The lowest BCUT2D eigenvalue weighted by Gasteiger charge is -2.14. The molecule has 1 atom stereocenters. The molecule has 0 aliphatic carbocycles. The predicted molar refractivity (Wildman–Crippen MR) is 95.0 cm³/mol. The predicted octanol–water partition coefficient (Wildman–Crippen LogP) is 4.87. The number of benzene rings is 2. The number of aryl methyl sites for hydroxylation is 1. The Morgan fingerprint density at radius 2 is 1.96 bits per heavy atom. The summed E-state index contributed by atoms with van der Waals surface area (Å²) in [4.78, 5) is 15.5. The Hall–Kier alpha value is -2.26. The number of nitrogens with one attached hydrogen (secondary N) is 2. The normalized spacial score (nSPS) is 12.3. The van der Waals surface area contributed by atoms with Gasteiger partial charge in [-0.25, -0.2) is 0 Å². The first-order valence-corrected chi connectivity index (χ1v) is 8.13. The number of rotatable bonds is 4. The third-order valence-corrected chi connectivity index (χ3v) is 4.40. The highest BCUT2D eigenvalue weighted by Crippen LogP contribution is 2.23. The lowest BCUT2D eigenvalue weighted by atomic mass is 10.0. The van der Waals surface area contributed by atoms with Gasteiger partial charge >= 0.3 is 0 Å². The number of aromatic amines is 1. The van der Waals surface area contributed by atoms with Crippen molar-refractivity contribution in [1.29, 1.82) is 0 Å². The van der Waals surface area contributed by atoms with Crippen molar-refractivity contribution in [3.05, 3.63) is 70.4 Å². The molecule has 0 aliphatic rings. The quantitative estimate of drug-likeness (QED) is 0.705. The number of aromatic nitrogens is 1. The molecule has 1 amide bonds. The van der Waals surface area contributed by atoms with E-state index >= 15 is 0 Å². The molecule has 0 fully saturated rings. The molecule has 118 valence electrons. The molecule has 1 aromatic heterocycles. The van der Waals surface area contributed by atoms with E-state index in [0.717, 1.165) is 22.9 Å². The van der Waals surface area contributed by atoms with E-state index in [2.05, 4.69) is 41.5 Å². The van der Waals surface area contributed by atoms with Gasteiger partial charge in [0, 0.05) is 5.39 Å². The molecule has 0 radical (unpaired) electrons. The first-order valence-electron chi connectivity index (χ1n) is 7.75. The van der Waals surface area contributed by atoms with Crippen molar-refractivity contribution in [3.8, 4) is 0 Å². The topological polar surface area (TPSA) is 44.9 Å². The van der Waals surface area contributed by atoms with Gasteiger partial charge in [-0.1, -0.05) is 54.9 Å². The zero-order valence-corrected chi connectivity index (χ0v) is 13.9. The number of halogens is 1. The monoisotopic (exact) mass is 326 g/mol. The van der Waals surface area contributed by atoms with Gasteiger partial charge in [0.2, 0.25) is 0 Å². The molecule has 2 N–H and O–H groups in total. The van der Waals surface area contributed by atoms with E-state index in [0.29, 0.717) is 10.7 Å². The number of hydrogen-bond donors (Lipinski definition) is 2. The lowest BCUT2D eigenvalue weighted by molar-refractivity contribution is 0.0935. The number of carbonyl (C=O) groups excluding carboxylic acids is 1. The molecule has 1 heterocycles. The summed E-state index contributed by atoms with van der Waals surface area (Å²) in [6.07, 6.45) is 1.01. The van der Waals surface area contributed by atoms with Crippen LogP contribution in [0, 0.1) is 0 Å². The SMILES string of the molecule is CCc1ccc(C(C)NC(=O)c2cc3cccc(Cl)c3[nH]2)cc1. The number of amides is 1. The first kappa shape index (κ1) is 15.6. The molecule has 0 spiro atoms. The Bertz CT molecular complexity index is 836. The molecule has 0 bridgehead atoms. The molecule has 1 unspecified atom stereocenters. The number of fused-ring (bicyclic) bond motifs is 1. The maximum absolute atomic E-state index is 12.4. The minimum absolute atomic E-state index is 0.0599. The van der Waals surface area contributed by atoms with E-state index in [1.54, 1.807) is 6.07 Å². The van der Waals surface area contributed by atoms with Gasteiger partial charge in [-0.3, -0.25) is 4.79 Å². The Kier molecular flexibility index (Phi) is 4.39. The van der Waals surface area contributed by atoms with Crippen molar-refractivity contribution in [1.82, 2.24) is 10.3 Å². The maximum atomic E-state index is 12.4. The fraction of sp³-hybridized carbons (Fsp3) is 0.211. The Morgan fingerprint density at radius 3 is 2.61 bits per heavy atom. The van der Waals surface area contributed by atoms with Crippen molar-refractivity contribution in [3.63, 3.8) is 0 Å². The van der Waals surface area contributed by atoms with Crippen LogP contribution in [0.1, 0.15) is 41.5 Å². The van der Waals surface area contributed by atoms with Crippen molar-refractivity contribution >= 4 is 28.4 Å². The minimum Gasteiger partial charge on any atom is -0.349 e. The van der Waals surface area contributed by atoms with Gasteiger partial charge in [-0.2, -0.15) is 0 Å². The number of hydrogen-bond acceptors (Lipinski definition) is 1. The second-order valence-electron chi connectivity index (χ2n) is 5.68. The third kappa shape index (κ3) is 3.25. The molecule has 0 aliphatic heterocycles. The second-order valence-corrected chi connectivity index (χ2v) is 6.08. The first-order chi connectivity index (χ1) is 11.1. The zero-order chi connectivity index (χ0) is 16.4. The molecule has 0 saturated carbocycles. The summed E-state index contributed by atoms with van der Waals surface area (Å²) in [5, 5.41) is 4.57. The molecule has 23 heavy (non-hydrogen) atoms. The van der Waals surface area contributed by atoms with Crippen LogP contribution in [-0.2, 0) is 6.42 Å². The molecule has 3 nitrogen and oxygen atoms in total. The summed E-state index contributed by atoms with van der Waals surface area (Å²) in [6, 6.07) is 15.7. The van der Waals surface area contributed by atoms with Crippen LogP contribution in [0.4, 0.5) is 0 Å². The van der Waals surface area contributed by atoms with Crippen molar-refractivity contribution in [2.75, 3.05) is 0 Å². The molecule has 2 aromatic carbocycles. The smallest absolute Gasteiger partial charge is 0.268 e. The highest BCUT2D eigenvalue weighted by Gasteiger charge is 2.14. The summed E-state index contributed by atoms with van der Waals surface area (Å²) >= 11 is 6.14. The highest BCUT2D eigenvalue weighted by molar-refractivity contribution is 6.35. The van der Waals surface area contributed by atoms with Gasteiger partial charge in [0.15, 0.2) is 0 Å². The Labute approximate surface area is 140 Å². The summed E-state index contributed by atoms with van der Waals surface area (Å²) in [5.41, 5.74) is 3.69. The van der Waals surface area contributed by atoms with E-state index in [1.807, 2.05) is 25.1 Å². The highest BCUT2D eigenvalue weighted by atomic mass is 35.5. The molecule has 0 saturated heterocycles. The second kappa shape index (κ2) is 6.47. The van der Waals surface area contributed by atoms with Crippen LogP contribution in [0.2, 0.25) is 5.02 Å². The Morgan fingerprint density at radius 1 is 1.22 bits per heavy atom. The minimum atomic E-state index is -0.135. The largest absolute Gasteiger partial charge is 0.349 e. The fourth-order valence-electron chi connectivity index (χ4n) is 2.64. The average molecular weight is 327 g/mol. The maximum Gasteiger partial charge on any atom is 0.268 e. The van der Waals surface area contributed by atoms with E-state index < -0.39 is 0 Å². The van der Waals surface area contributed by atoms with Crippen LogP contribution >= 0.6 is 11.6 Å². The molecule has 3 aromatic rings. The van der Waals surface area contributed by atoms with E-state index in [1.165, 1.54) is 5.56 Å². The van der Waals surface area contributed by atoms with Crippen molar-refractivity contribution in [2.45, 2.75) is 26.3 Å². The summed E-state index contributed by atoms with van der Waals surface area (Å²) in [5.74, 6) is -0.135. The summed E-state index contributed by atoms with van der Waals surface area (Å²) < 4.78 is 0. The number of H-pyrrole nitrogens is 1. The van der Waals surface area contributed by atoms with Gasteiger partial charge in [0.1, 0.15) is 5.69 Å². The average Bonchev–Trinajstić information content (AvgIpc) is 3.00. The molecule has 4 heteroatoms. The van der Waals surface area contributed by atoms with Crippen molar-refractivity contribution < 1.29 is 4.79 Å². The van der Waals surface area contributed by atoms with Crippen LogP contribution in [0.5, 0.6) is 0 Å². The third-order valence-electron chi connectivity index (χ3n) is 4.09. The van der Waals surface area contributed by atoms with E-state index in [-0.39, 0.29) is 11.9 Å². The van der Waals surface area contributed by atoms with Crippen LogP contribution in [0.25, 0.3) is 10.9 Å². The van der Waals surface area contributed by atoms with Crippen LogP contribution in [0.15, 0.2) is 48.5 Å². The van der Waals surface area contributed by atoms with Gasteiger partial charge in [0.25, 0.3) is 5.91 Å². The number of carbonyl (C=O) groups is 1. The Balaban J connectivity index is 1.77.